The number of rotatable bonds is 4. The van der Waals surface area contributed by atoms with Crippen molar-refractivity contribution >= 4 is 32.6 Å². The van der Waals surface area contributed by atoms with Crippen molar-refractivity contribution in [1.82, 2.24) is 9.97 Å². The van der Waals surface area contributed by atoms with Gasteiger partial charge in [-0.3, -0.25) is 10.1 Å². The first-order chi connectivity index (χ1) is 14.3. The summed E-state index contributed by atoms with van der Waals surface area (Å²) >= 11 is 1.44. The van der Waals surface area contributed by atoms with Crippen molar-refractivity contribution in [3.05, 3.63) is 90.6 Å². The molecular formula is C23H15N3O2S. The van der Waals surface area contributed by atoms with Crippen molar-refractivity contribution in [2.75, 3.05) is 5.32 Å². The van der Waals surface area contributed by atoms with Gasteiger partial charge in [-0.05, 0) is 24.3 Å². The molecule has 1 amide bonds. The number of carbonyl (C=O) groups is 1. The Bertz CT molecular complexity index is 1270. The molecule has 0 saturated heterocycles. The van der Waals surface area contributed by atoms with Crippen LogP contribution in [0.25, 0.3) is 33.0 Å². The van der Waals surface area contributed by atoms with Gasteiger partial charge in [0.05, 0.1) is 22.0 Å². The average molecular weight is 397 g/mol. The molecule has 1 N–H and O–H groups in total. The standard InChI is InChI=1S/C23H15N3O2S/c27-21(26-23-25-18-12-6-7-13-20(18)29-23)16-10-4-5-11-17(16)22-24-14-19(28-22)15-8-2-1-3-9-15/h1-14H,(H,25,26,27). The maximum Gasteiger partial charge on any atom is 0.258 e. The van der Waals surface area contributed by atoms with Crippen molar-refractivity contribution in [3.8, 4) is 22.8 Å². The van der Waals surface area contributed by atoms with E-state index in [1.54, 1.807) is 12.3 Å². The molecule has 5 aromatic rings. The zero-order valence-corrected chi connectivity index (χ0v) is 16.0. The summed E-state index contributed by atoms with van der Waals surface area (Å²) in [7, 11) is 0. The Hall–Kier alpha value is -3.77. The number of hydrogen-bond acceptors (Lipinski definition) is 5. The number of oxazole rings is 1. The summed E-state index contributed by atoms with van der Waals surface area (Å²) in [5, 5.41) is 3.45. The van der Waals surface area contributed by atoms with Crippen molar-refractivity contribution < 1.29 is 9.21 Å². The van der Waals surface area contributed by atoms with Gasteiger partial charge >= 0.3 is 0 Å². The van der Waals surface area contributed by atoms with Gasteiger partial charge in [0, 0.05) is 11.1 Å². The summed E-state index contributed by atoms with van der Waals surface area (Å²) in [4.78, 5) is 21.8. The van der Waals surface area contributed by atoms with E-state index in [0.717, 1.165) is 15.8 Å². The second kappa shape index (κ2) is 7.33. The molecule has 0 aliphatic rings. The van der Waals surface area contributed by atoms with E-state index >= 15 is 0 Å². The Morgan fingerprint density at radius 1 is 0.897 bits per heavy atom. The fourth-order valence-corrected chi connectivity index (χ4v) is 3.95. The van der Waals surface area contributed by atoms with Gasteiger partial charge in [0.15, 0.2) is 10.9 Å². The molecule has 0 atom stereocenters. The zero-order valence-electron chi connectivity index (χ0n) is 15.2. The van der Waals surface area contributed by atoms with Gasteiger partial charge < -0.3 is 4.42 Å². The molecule has 29 heavy (non-hydrogen) atoms. The van der Waals surface area contributed by atoms with Crippen LogP contribution in [0.3, 0.4) is 0 Å². The molecule has 140 valence electrons. The van der Waals surface area contributed by atoms with Crippen molar-refractivity contribution in [1.29, 1.82) is 0 Å². The van der Waals surface area contributed by atoms with Crippen LogP contribution in [0.4, 0.5) is 5.13 Å². The zero-order chi connectivity index (χ0) is 19.6. The van der Waals surface area contributed by atoms with E-state index in [1.165, 1.54) is 11.3 Å². The van der Waals surface area contributed by atoms with Crippen LogP contribution in [0.5, 0.6) is 0 Å². The third-order valence-electron chi connectivity index (χ3n) is 4.48. The molecular weight excluding hydrogens is 382 g/mol. The number of amides is 1. The average Bonchev–Trinajstić information content (AvgIpc) is 3.41. The predicted octanol–water partition coefficient (Wildman–Crippen LogP) is 5.87. The molecule has 2 aromatic heterocycles. The van der Waals surface area contributed by atoms with Crippen LogP contribution in [0.1, 0.15) is 10.4 Å². The first-order valence-electron chi connectivity index (χ1n) is 9.05. The highest BCUT2D eigenvalue weighted by atomic mass is 32.1. The van der Waals surface area contributed by atoms with Crippen molar-refractivity contribution in [2.24, 2.45) is 0 Å². The van der Waals surface area contributed by atoms with Gasteiger partial charge in [0.25, 0.3) is 5.91 Å². The lowest BCUT2D eigenvalue weighted by molar-refractivity contribution is 0.102. The number of nitrogens with zero attached hydrogens (tertiary/aromatic N) is 2. The maximum absolute atomic E-state index is 12.9. The minimum absolute atomic E-state index is 0.251. The number of aromatic nitrogens is 2. The SMILES string of the molecule is O=C(Nc1nc2ccccc2s1)c1ccccc1-c1ncc(-c2ccccc2)o1. The van der Waals surface area contributed by atoms with E-state index in [9.17, 15) is 4.79 Å². The van der Waals surface area contributed by atoms with Crippen LogP contribution in [-0.2, 0) is 0 Å². The number of thiazole rings is 1. The van der Waals surface area contributed by atoms with Crippen LogP contribution in [-0.4, -0.2) is 15.9 Å². The summed E-state index contributed by atoms with van der Waals surface area (Å²) in [5.41, 5.74) is 2.91. The van der Waals surface area contributed by atoms with Crippen LogP contribution >= 0.6 is 11.3 Å². The maximum atomic E-state index is 12.9. The summed E-state index contributed by atoms with van der Waals surface area (Å²) in [6.45, 7) is 0. The molecule has 2 heterocycles. The second-order valence-electron chi connectivity index (χ2n) is 6.38. The smallest absolute Gasteiger partial charge is 0.258 e. The predicted molar refractivity (Wildman–Crippen MR) is 115 cm³/mol. The third-order valence-corrected chi connectivity index (χ3v) is 5.43. The molecule has 0 fully saturated rings. The van der Waals surface area contributed by atoms with Crippen LogP contribution in [0.2, 0.25) is 0 Å². The molecule has 0 unspecified atom stereocenters. The lowest BCUT2D eigenvalue weighted by atomic mass is 10.1. The normalized spacial score (nSPS) is 10.9. The number of anilines is 1. The lowest BCUT2D eigenvalue weighted by Crippen LogP contribution is -2.12. The van der Waals surface area contributed by atoms with E-state index in [2.05, 4.69) is 15.3 Å². The molecule has 0 aliphatic heterocycles. The Kier molecular flexibility index (Phi) is 4.38. The van der Waals surface area contributed by atoms with Gasteiger partial charge in [-0.25, -0.2) is 9.97 Å². The fourth-order valence-electron chi connectivity index (χ4n) is 3.09. The number of para-hydroxylation sites is 1. The highest BCUT2D eigenvalue weighted by Gasteiger charge is 2.18. The summed E-state index contributed by atoms with van der Waals surface area (Å²) in [6.07, 6.45) is 1.67. The Morgan fingerprint density at radius 2 is 1.66 bits per heavy atom. The highest BCUT2D eigenvalue weighted by Crippen LogP contribution is 2.30. The van der Waals surface area contributed by atoms with Gasteiger partial charge in [0.1, 0.15) is 0 Å². The van der Waals surface area contributed by atoms with Crippen LogP contribution in [0, 0.1) is 0 Å². The molecule has 6 heteroatoms. The molecule has 0 spiro atoms. The minimum atomic E-state index is -0.251. The molecule has 0 aliphatic carbocycles. The second-order valence-corrected chi connectivity index (χ2v) is 7.41. The Balaban J connectivity index is 1.46. The van der Waals surface area contributed by atoms with Crippen LogP contribution in [0.15, 0.2) is 89.5 Å². The summed E-state index contributed by atoms with van der Waals surface area (Å²) in [5.74, 6) is 0.806. The van der Waals surface area contributed by atoms with Gasteiger partial charge in [0.2, 0.25) is 5.89 Å². The van der Waals surface area contributed by atoms with Gasteiger partial charge in [-0.1, -0.05) is 65.9 Å². The first-order valence-corrected chi connectivity index (χ1v) is 9.87. The Labute approximate surface area is 170 Å². The third kappa shape index (κ3) is 3.41. The minimum Gasteiger partial charge on any atom is -0.436 e. The van der Waals surface area contributed by atoms with E-state index in [0.29, 0.717) is 27.9 Å². The number of carbonyl (C=O) groups excluding carboxylic acids is 1. The molecule has 5 rings (SSSR count). The summed E-state index contributed by atoms with van der Waals surface area (Å²) < 4.78 is 6.97. The quantitative estimate of drug-likeness (QED) is 0.412. The molecule has 0 bridgehead atoms. The van der Waals surface area contributed by atoms with E-state index in [4.69, 9.17) is 4.42 Å². The number of hydrogen-bond donors (Lipinski definition) is 1. The summed E-state index contributed by atoms with van der Waals surface area (Å²) in [6, 6.07) is 24.8. The number of nitrogens with one attached hydrogen (secondary N) is 1. The molecule has 3 aromatic carbocycles. The van der Waals surface area contributed by atoms with E-state index < -0.39 is 0 Å². The molecule has 5 nitrogen and oxygen atoms in total. The van der Waals surface area contributed by atoms with E-state index in [1.807, 2.05) is 72.8 Å². The van der Waals surface area contributed by atoms with E-state index in [-0.39, 0.29) is 5.91 Å². The number of benzene rings is 3. The monoisotopic (exact) mass is 397 g/mol. The molecule has 0 radical (unpaired) electrons. The van der Waals surface area contributed by atoms with Gasteiger partial charge in [-0.15, -0.1) is 0 Å². The van der Waals surface area contributed by atoms with Gasteiger partial charge in [-0.2, -0.15) is 0 Å². The lowest BCUT2D eigenvalue weighted by Gasteiger charge is -2.06. The van der Waals surface area contributed by atoms with Crippen LogP contribution < -0.4 is 5.32 Å². The topological polar surface area (TPSA) is 68.0 Å². The first kappa shape index (κ1) is 17.3. The molecule has 0 saturated carbocycles. The Morgan fingerprint density at radius 3 is 2.52 bits per heavy atom. The number of fused-ring (bicyclic) bond motifs is 1. The fraction of sp³-hybridized carbons (Fsp3) is 0. The van der Waals surface area contributed by atoms with Crippen molar-refractivity contribution in [3.63, 3.8) is 0 Å². The van der Waals surface area contributed by atoms with Crippen molar-refractivity contribution in [2.45, 2.75) is 0 Å². The largest absolute Gasteiger partial charge is 0.436 e. The highest BCUT2D eigenvalue weighted by molar-refractivity contribution is 7.22.